The van der Waals surface area contributed by atoms with E-state index in [9.17, 15) is 4.79 Å². The molecule has 0 unspecified atom stereocenters. The summed E-state index contributed by atoms with van der Waals surface area (Å²) in [5.74, 6) is 0. The summed E-state index contributed by atoms with van der Waals surface area (Å²) in [7, 11) is 0. The van der Waals surface area contributed by atoms with Gasteiger partial charge in [0.25, 0.3) is 0 Å². The van der Waals surface area contributed by atoms with Crippen LogP contribution in [0.1, 0.15) is 24.8 Å². The molecule has 86 valence electrons. The van der Waals surface area contributed by atoms with E-state index in [1.807, 2.05) is 24.3 Å². The number of anilines is 1. The van der Waals surface area contributed by atoms with Crippen LogP contribution in [0.25, 0.3) is 0 Å². The van der Waals surface area contributed by atoms with E-state index >= 15 is 0 Å². The average molecular weight is 219 g/mol. The summed E-state index contributed by atoms with van der Waals surface area (Å²) in [5.41, 5.74) is 6.98. The van der Waals surface area contributed by atoms with Gasteiger partial charge in [0.05, 0.1) is 0 Å². The molecule has 1 aliphatic rings. The molecule has 1 aromatic rings. The molecule has 2 amide bonds. The first-order valence-electron chi connectivity index (χ1n) is 5.63. The van der Waals surface area contributed by atoms with Gasteiger partial charge in [-0.25, -0.2) is 4.79 Å². The zero-order valence-corrected chi connectivity index (χ0v) is 9.20. The molecule has 16 heavy (non-hydrogen) atoms. The van der Waals surface area contributed by atoms with Gasteiger partial charge in [0.2, 0.25) is 0 Å². The lowest BCUT2D eigenvalue weighted by atomic mass is 9.93. The van der Waals surface area contributed by atoms with E-state index in [2.05, 4.69) is 10.6 Å². The predicted octanol–water partition coefficient (Wildman–Crippen LogP) is 1.82. The molecule has 0 aliphatic heterocycles. The van der Waals surface area contributed by atoms with Gasteiger partial charge in [-0.3, -0.25) is 0 Å². The van der Waals surface area contributed by atoms with Crippen LogP contribution in [0.15, 0.2) is 24.3 Å². The highest BCUT2D eigenvalue weighted by atomic mass is 16.2. The summed E-state index contributed by atoms with van der Waals surface area (Å²) in [4.78, 5) is 10.6. The molecular formula is C12H17N3O. The van der Waals surface area contributed by atoms with Crippen molar-refractivity contribution in [2.45, 2.75) is 31.8 Å². The SMILES string of the molecule is NC(=O)Nc1ccc(CNC2CCC2)cc1. The Bertz CT molecular complexity index is 357. The number of amides is 2. The molecule has 0 atom stereocenters. The Hall–Kier alpha value is -1.55. The molecule has 0 heterocycles. The second-order valence-corrected chi connectivity index (χ2v) is 4.19. The third-order valence-electron chi connectivity index (χ3n) is 2.92. The third kappa shape index (κ3) is 2.97. The molecule has 2 rings (SSSR count). The minimum absolute atomic E-state index is 0.527. The van der Waals surface area contributed by atoms with E-state index in [4.69, 9.17) is 5.73 Å². The maximum absolute atomic E-state index is 10.6. The van der Waals surface area contributed by atoms with E-state index < -0.39 is 6.03 Å². The minimum atomic E-state index is -0.527. The number of nitrogens with two attached hydrogens (primary N) is 1. The normalized spacial score (nSPS) is 15.5. The lowest BCUT2D eigenvalue weighted by Crippen LogP contribution is -2.34. The summed E-state index contributed by atoms with van der Waals surface area (Å²) in [5, 5.41) is 6.02. The molecule has 4 nitrogen and oxygen atoms in total. The molecule has 0 saturated heterocycles. The van der Waals surface area contributed by atoms with Crippen LogP contribution in [-0.4, -0.2) is 12.1 Å². The molecule has 0 radical (unpaired) electrons. The van der Waals surface area contributed by atoms with Gasteiger partial charge in [0, 0.05) is 18.3 Å². The first kappa shape index (κ1) is 11.0. The summed E-state index contributed by atoms with van der Waals surface area (Å²) in [6.45, 7) is 0.890. The average Bonchev–Trinajstić information content (AvgIpc) is 2.17. The van der Waals surface area contributed by atoms with Crippen LogP contribution in [0.4, 0.5) is 10.5 Å². The summed E-state index contributed by atoms with van der Waals surface area (Å²) >= 11 is 0. The van der Waals surface area contributed by atoms with E-state index in [1.54, 1.807) is 0 Å². The number of rotatable bonds is 4. The maximum atomic E-state index is 10.6. The Kier molecular flexibility index (Phi) is 3.41. The zero-order valence-electron chi connectivity index (χ0n) is 9.20. The van der Waals surface area contributed by atoms with Gasteiger partial charge in [-0.1, -0.05) is 18.6 Å². The number of hydrogen-bond donors (Lipinski definition) is 3. The second kappa shape index (κ2) is 4.99. The number of carbonyl (C=O) groups is 1. The van der Waals surface area contributed by atoms with Gasteiger partial charge in [0.1, 0.15) is 0 Å². The van der Waals surface area contributed by atoms with Crippen LogP contribution in [0, 0.1) is 0 Å². The summed E-state index contributed by atoms with van der Waals surface area (Å²) in [6.07, 6.45) is 3.93. The predicted molar refractivity (Wildman–Crippen MR) is 64.1 cm³/mol. The Balaban J connectivity index is 1.83. The zero-order chi connectivity index (χ0) is 11.4. The van der Waals surface area contributed by atoms with Crippen molar-refractivity contribution in [3.05, 3.63) is 29.8 Å². The number of benzene rings is 1. The highest BCUT2D eigenvalue weighted by molar-refractivity contribution is 5.87. The van der Waals surface area contributed by atoms with Gasteiger partial charge in [0.15, 0.2) is 0 Å². The third-order valence-corrected chi connectivity index (χ3v) is 2.92. The molecule has 1 aliphatic carbocycles. The van der Waals surface area contributed by atoms with E-state index in [0.29, 0.717) is 6.04 Å². The number of hydrogen-bond acceptors (Lipinski definition) is 2. The molecule has 1 fully saturated rings. The van der Waals surface area contributed by atoms with Crippen molar-refractivity contribution in [3.63, 3.8) is 0 Å². The molecule has 1 saturated carbocycles. The fraction of sp³-hybridized carbons (Fsp3) is 0.417. The molecular weight excluding hydrogens is 202 g/mol. The van der Waals surface area contributed by atoms with Crippen molar-refractivity contribution in [2.75, 3.05) is 5.32 Å². The van der Waals surface area contributed by atoms with Gasteiger partial charge >= 0.3 is 6.03 Å². The summed E-state index contributed by atoms with van der Waals surface area (Å²) < 4.78 is 0. The van der Waals surface area contributed by atoms with E-state index in [-0.39, 0.29) is 0 Å². The molecule has 0 aromatic heterocycles. The number of urea groups is 1. The smallest absolute Gasteiger partial charge is 0.316 e. The Labute approximate surface area is 95.2 Å². The van der Waals surface area contributed by atoms with Crippen molar-refractivity contribution in [1.82, 2.24) is 5.32 Å². The highest BCUT2D eigenvalue weighted by Gasteiger charge is 2.15. The van der Waals surface area contributed by atoms with Gasteiger partial charge < -0.3 is 16.4 Å². The van der Waals surface area contributed by atoms with Gasteiger partial charge in [-0.15, -0.1) is 0 Å². The van der Waals surface area contributed by atoms with Crippen LogP contribution in [0.5, 0.6) is 0 Å². The molecule has 1 aromatic carbocycles. The maximum Gasteiger partial charge on any atom is 0.316 e. The first-order valence-corrected chi connectivity index (χ1v) is 5.63. The van der Waals surface area contributed by atoms with Crippen LogP contribution in [0.2, 0.25) is 0 Å². The quantitative estimate of drug-likeness (QED) is 0.723. The molecule has 4 heteroatoms. The monoisotopic (exact) mass is 219 g/mol. The highest BCUT2D eigenvalue weighted by Crippen LogP contribution is 2.18. The van der Waals surface area contributed by atoms with Crippen LogP contribution >= 0.6 is 0 Å². The number of primary amides is 1. The Morgan fingerprint density at radius 1 is 1.31 bits per heavy atom. The van der Waals surface area contributed by atoms with Crippen molar-refractivity contribution in [3.8, 4) is 0 Å². The van der Waals surface area contributed by atoms with Crippen molar-refractivity contribution < 1.29 is 4.79 Å². The minimum Gasteiger partial charge on any atom is -0.351 e. The van der Waals surface area contributed by atoms with Gasteiger partial charge in [-0.2, -0.15) is 0 Å². The standard InChI is InChI=1S/C12H17N3O/c13-12(16)15-11-6-4-9(5-7-11)8-14-10-2-1-3-10/h4-7,10,14H,1-3,8H2,(H3,13,15,16). The van der Waals surface area contributed by atoms with E-state index in [0.717, 1.165) is 12.2 Å². The fourth-order valence-corrected chi connectivity index (χ4v) is 1.72. The van der Waals surface area contributed by atoms with Crippen LogP contribution < -0.4 is 16.4 Å². The Morgan fingerprint density at radius 2 is 2.00 bits per heavy atom. The lowest BCUT2D eigenvalue weighted by molar-refractivity contribution is 0.259. The topological polar surface area (TPSA) is 67.2 Å². The molecule has 0 bridgehead atoms. The Morgan fingerprint density at radius 3 is 2.50 bits per heavy atom. The van der Waals surface area contributed by atoms with Crippen LogP contribution in [-0.2, 0) is 6.54 Å². The number of carbonyl (C=O) groups excluding carboxylic acids is 1. The number of nitrogens with one attached hydrogen (secondary N) is 2. The second-order valence-electron chi connectivity index (χ2n) is 4.19. The lowest BCUT2D eigenvalue weighted by Gasteiger charge is -2.26. The first-order chi connectivity index (χ1) is 7.74. The molecule has 0 spiro atoms. The van der Waals surface area contributed by atoms with Crippen LogP contribution in [0.3, 0.4) is 0 Å². The summed E-state index contributed by atoms with van der Waals surface area (Å²) in [6, 6.07) is 7.89. The van der Waals surface area contributed by atoms with Crippen molar-refractivity contribution in [1.29, 1.82) is 0 Å². The molecule has 4 N–H and O–H groups in total. The van der Waals surface area contributed by atoms with Crippen molar-refractivity contribution in [2.24, 2.45) is 5.73 Å². The van der Waals surface area contributed by atoms with Crippen molar-refractivity contribution >= 4 is 11.7 Å². The fourth-order valence-electron chi connectivity index (χ4n) is 1.72. The van der Waals surface area contributed by atoms with Gasteiger partial charge in [-0.05, 0) is 30.5 Å². The van der Waals surface area contributed by atoms with E-state index in [1.165, 1.54) is 24.8 Å². The largest absolute Gasteiger partial charge is 0.351 e.